The van der Waals surface area contributed by atoms with Gasteiger partial charge in [-0.1, -0.05) is 36.4 Å². The molecule has 1 amide bonds. The molecular weight excluding hydrogens is 330 g/mol. The molecule has 1 aliphatic rings. The van der Waals surface area contributed by atoms with Crippen LogP contribution in [-0.4, -0.2) is 33.6 Å². The van der Waals surface area contributed by atoms with Crippen LogP contribution in [0.25, 0.3) is 10.9 Å². The van der Waals surface area contributed by atoms with E-state index in [0.717, 1.165) is 27.9 Å². The van der Waals surface area contributed by atoms with Crippen molar-refractivity contribution in [1.29, 1.82) is 0 Å². The molecule has 3 aromatic rings. The number of benzene rings is 2. The monoisotopic (exact) mass is 349 g/mol. The Morgan fingerprint density at radius 2 is 1.92 bits per heavy atom. The lowest BCUT2D eigenvalue weighted by atomic mass is 10.00. The van der Waals surface area contributed by atoms with Crippen LogP contribution in [0.5, 0.6) is 0 Å². The zero-order valence-corrected chi connectivity index (χ0v) is 15.1. The zero-order chi connectivity index (χ0) is 17.4. The van der Waals surface area contributed by atoms with Crippen LogP contribution in [0.3, 0.4) is 0 Å². The number of para-hydroxylation sites is 1. The van der Waals surface area contributed by atoms with Gasteiger partial charge in [0, 0.05) is 28.8 Å². The minimum Gasteiger partial charge on any atom is -0.338 e. The summed E-state index contributed by atoms with van der Waals surface area (Å²) in [5, 5.41) is 1.06. The van der Waals surface area contributed by atoms with Gasteiger partial charge in [-0.3, -0.25) is 4.79 Å². The van der Waals surface area contributed by atoms with Crippen LogP contribution in [0.1, 0.15) is 23.0 Å². The summed E-state index contributed by atoms with van der Waals surface area (Å²) in [6, 6.07) is 16.1. The summed E-state index contributed by atoms with van der Waals surface area (Å²) >= 11 is 1.75. The number of nitrogens with zero attached hydrogens (tertiary/aromatic N) is 3. The molecule has 4 nitrogen and oxygen atoms in total. The van der Waals surface area contributed by atoms with Gasteiger partial charge in [-0.05, 0) is 24.6 Å². The number of carbonyl (C=O) groups excluding carboxylic acids is 1. The molecule has 1 aromatic heterocycles. The van der Waals surface area contributed by atoms with E-state index in [1.54, 1.807) is 16.7 Å². The minimum atomic E-state index is -0.0762. The highest BCUT2D eigenvalue weighted by molar-refractivity contribution is 7.99. The van der Waals surface area contributed by atoms with E-state index >= 15 is 0 Å². The van der Waals surface area contributed by atoms with Gasteiger partial charge in [0.05, 0.1) is 18.0 Å². The predicted molar refractivity (Wildman–Crippen MR) is 101 cm³/mol. The van der Waals surface area contributed by atoms with Gasteiger partial charge in [0.15, 0.2) is 0 Å². The molecule has 1 atom stereocenters. The van der Waals surface area contributed by atoms with E-state index in [9.17, 15) is 4.79 Å². The molecule has 0 saturated carbocycles. The summed E-state index contributed by atoms with van der Waals surface area (Å²) in [6.07, 6.45) is 0. The Labute approximate surface area is 151 Å². The van der Waals surface area contributed by atoms with E-state index in [4.69, 9.17) is 0 Å². The van der Waals surface area contributed by atoms with Crippen molar-refractivity contribution in [3.63, 3.8) is 0 Å². The van der Waals surface area contributed by atoms with Crippen molar-refractivity contribution in [3.8, 4) is 0 Å². The molecule has 0 bridgehead atoms. The Morgan fingerprint density at radius 1 is 1.16 bits per heavy atom. The first-order valence-electron chi connectivity index (χ1n) is 8.32. The van der Waals surface area contributed by atoms with Crippen LogP contribution in [-0.2, 0) is 11.3 Å². The fraction of sp³-hybridized carbons (Fsp3) is 0.250. The lowest BCUT2D eigenvalue weighted by Crippen LogP contribution is -2.32. The van der Waals surface area contributed by atoms with Gasteiger partial charge in [-0.15, -0.1) is 11.8 Å². The smallest absolute Gasteiger partial charge is 0.231 e. The Hall–Kier alpha value is -2.40. The lowest BCUT2D eigenvalue weighted by Gasteiger charge is -2.21. The number of carbonyl (C=O) groups is 1. The van der Waals surface area contributed by atoms with E-state index in [-0.39, 0.29) is 11.8 Å². The highest BCUT2D eigenvalue weighted by atomic mass is 32.2. The largest absolute Gasteiger partial charge is 0.338 e. The number of fused-ring (bicyclic) bond motifs is 2. The molecule has 0 N–H and O–H groups in total. The SMILES string of the molecule is Cc1nc(CN(C)C(=O)C2CSc3ccccc32)nc2ccccc12. The standard InChI is InChI=1S/C20H19N3OS/c1-13-14-7-3-5-9-17(14)22-19(21-13)11-23(2)20(24)16-12-25-18-10-6-4-8-15(16)18/h3-10,16H,11-12H2,1-2H3. The van der Waals surface area contributed by atoms with Gasteiger partial charge in [0.1, 0.15) is 5.82 Å². The molecule has 4 rings (SSSR count). The number of thioether (sulfide) groups is 1. The summed E-state index contributed by atoms with van der Waals surface area (Å²) in [5.41, 5.74) is 3.01. The molecule has 0 radical (unpaired) electrons. The van der Waals surface area contributed by atoms with Crippen molar-refractivity contribution in [2.45, 2.75) is 24.3 Å². The molecule has 0 saturated heterocycles. The summed E-state index contributed by atoms with van der Waals surface area (Å²) in [7, 11) is 1.84. The van der Waals surface area contributed by atoms with Crippen LogP contribution < -0.4 is 0 Å². The zero-order valence-electron chi connectivity index (χ0n) is 14.3. The number of likely N-dealkylation sites (N-methyl/N-ethyl adjacent to an activating group) is 1. The maximum atomic E-state index is 12.9. The molecule has 0 spiro atoms. The van der Waals surface area contributed by atoms with Crippen LogP contribution in [0, 0.1) is 6.92 Å². The Balaban J connectivity index is 1.56. The summed E-state index contributed by atoms with van der Waals surface area (Å²) in [4.78, 5) is 25.1. The molecular formula is C20H19N3OS. The van der Waals surface area contributed by atoms with Crippen molar-refractivity contribution in [1.82, 2.24) is 14.9 Å². The quantitative estimate of drug-likeness (QED) is 0.722. The second kappa shape index (κ2) is 6.48. The van der Waals surface area contributed by atoms with Gasteiger partial charge in [0.2, 0.25) is 5.91 Å². The normalized spacial score (nSPS) is 16.0. The third-order valence-corrected chi connectivity index (χ3v) is 5.78. The summed E-state index contributed by atoms with van der Waals surface area (Å²) < 4.78 is 0. The number of amides is 1. The average molecular weight is 349 g/mol. The van der Waals surface area contributed by atoms with Crippen molar-refractivity contribution in [2.75, 3.05) is 12.8 Å². The molecule has 0 fully saturated rings. The van der Waals surface area contributed by atoms with Crippen molar-refractivity contribution in [2.24, 2.45) is 0 Å². The number of hydrogen-bond donors (Lipinski definition) is 0. The van der Waals surface area contributed by atoms with E-state index < -0.39 is 0 Å². The molecule has 2 heterocycles. The maximum absolute atomic E-state index is 12.9. The van der Waals surface area contributed by atoms with Crippen LogP contribution >= 0.6 is 11.8 Å². The highest BCUT2D eigenvalue weighted by Crippen LogP contribution is 2.40. The highest BCUT2D eigenvalue weighted by Gasteiger charge is 2.31. The summed E-state index contributed by atoms with van der Waals surface area (Å²) in [6.45, 7) is 2.41. The molecule has 126 valence electrons. The van der Waals surface area contributed by atoms with Gasteiger partial charge >= 0.3 is 0 Å². The topological polar surface area (TPSA) is 46.1 Å². The maximum Gasteiger partial charge on any atom is 0.231 e. The molecule has 1 unspecified atom stereocenters. The number of aryl methyl sites for hydroxylation is 1. The molecule has 2 aromatic carbocycles. The second-order valence-corrected chi connectivity index (χ2v) is 7.40. The third kappa shape index (κ3) is 3.00. The van der Waals surface area contributed by atoms with Gasteiger partial charge < -0.3 is 4.90 Å². The molecule has 0 aliphatic carbocycles. The Bertz CT molecular complexity index is 957. The Morgan fingerprint density at radius 3 is 2.80 bits per heavy atom. The number of rotatable bonds is 3. The Kier molecular flexibility index (Phi) is 4.17. The van der Waals surface area contributed by atoms with Crippen molar-refractivity contribution < 1.29 is 4.79 Å². The van der Waals surface area contributed by atoms with E-state index in [0.29, 0.717) is 12.4 Å². The molecule has 25 heavy (non-hydrogen) atoms. The number of aromatic nitrogens is 2. The van der Waals surface area contributed by atoms with Gasteiger partial charge in [-0.2, -0.15) is 0 Å². The van der Waals surface area contributed by atoms with Gasteiger partial charge in [0.25, 0.3) is 0 Å². The molecule has 1 aliphatic heterocycles. The third-order valence-electron chi connectivity index (χ3n) is 4.59. The average Bonchev–Trinajstić information content (AvgIpc) is 3.05. The van der Waals surface area contributed by atoms with Crippen molar-refractivity contribution in [3.05, 3.63) is 65.6 Å². The van der Waals surface area contributed by atoms with Crippen LogP contribution in [0.15, 0.2) is 53.4 Å². The summed E-state index contributed by atoms with van der Waals surface area (Å²) in [5.74, 6) is 1.55. The lowest BCUT2D eigenvalue weighted by molar-refractivity contribution is -0.131. The minimum absolute atomic E-state index is 0.0762. The fourth-order valence-electron chi connectivity index (χ4n) is 3.29. The van der Waals surface area contributed by atoms with E-state index in [1.807, 2.05) is 50.4 Å². The predicted octanol–water partition coefficient (Wildman–Crippen LogP) is 3.79. The first-order chi connectivity index (χ1) is 12.1. The van der Waals surface area contributed by atoms with Crippen molar-refractivity contribution >= 4 is 28.6 Å². The van der Waals surface area contributed by atoms with E-state index in [1.165, 1.54) is 4.90 Å². The first kappa shape index (κ1) is 16.1. The second-order valence-electron chi connectivity index (χ2n) is 6.34. The fourth-order valence-corrected chi connectivity index (χ4v) is 4.51. The van der Waals surface area contributed by atoms with Crippen LogP contribution in [0.4, 0.5) is 0 Å². The molecule has 5 heteroatoms. The van der Waals surface area contributed by atoms with Gasteiger partial charge in [-0.25, -0.2) is 9.97 Å². The van der Waals surface area contributed by atoms with E-state index in [2.05, 4.69) is 22.1 Å². The van der Waals surface area contributed by atoms with Crippen LogP contribution in [0.2, 0.25) is 0 Å². The first-order valence-corrected chi connectivity index (χ1v) is 9.31. The number of hydrogen-bond acceptors (Lipinski definition) is 4.